The van der Waals surface area contributed by atoms with Crippen LogP contribution in [-0.2, 0) is 6.42 Å². The lowest BCUT2D eigenvalue weighted by molar-refractivity contribution is 0.139. The van der Waals surface area contributed by atoms with Gasteiger partial charge in [0, 0.05) is 24.6 Å². The Labute approximate surface area is 126 Å². The van der Waals surface area contributed by atoms with Crippen molar-refractivity contribution in [3.63, 3.8) is 0 Å². The predicted octanol–water partition coefficient (Wildman–Crippen LogP) is 1.64. The molecule has 0 heterocycles. The number of aliphatic hydroxyl groups excluding tert-OH is 2. The van der Waals surface area contributed by atoms with Gasteiger partial charge < -0.3 is 20.3 Å². The summed E-state index contributed by atoms with van der Waals surface area (Å²) in [6.45, 7) is 0.369. The van der Waals surface area contributed by atoms with Crippen LogP contribution in [0.4, 0.5) is 0 Å². The van der Waals surface area contributed by atoms with Gasteiger partial charge in [-0.1, -0.05) is 12.1 Å². The molecule has 2 atom stereocenters. The minimum absolute atomic E-state index is 0.136. The molecule has 2 fully saturated rings. The van der Waals surface area contributed by atoms with Crippen LogP contribution >= 0.6 is 0 Å². The Hall–Kier alpha value is -1.10. The van der Waals surface area contributed by atoms with E-state index in [9.17, 15) is 5.11 Å². The van der Waals surface area contributed by atoms with Gasteiger partial charge in [-0.05, 0) is 49.8 Å². The van der Waals surface area contributed by atoms with Crippen molar-refractivity contribution in [2.24, 2.45) is 0 Å². The van der Waals surface area contributed by atoms with Crippen LogP contribution in [0.5, 0.6) is 5.75 Å². The number of aliphatic hydroxyl groups is 2. The average Bonchev–Trinajstić information content (AvgIpc) is 3.21. The Bertz CT molecular complexity index is 458. The van der Waals surface area contributed by atoms with Crippen LogP contribution in [-0.4, -0.2) is 41.1 Å². The van der Waals surface area contributed by atoms with Gasteiger partial charge in [-0.2, -0.15) is 0 Å². The van der Waals surface area contributed by atoms with Crippen LogP contribution in [0.3, 0.4) is 0 Å². The van der Waals surface area contributed by atoms with E-state index in [1.54, 1.807) is 0 Å². The van der Waals surface area contributed by atoms with Crippen molar-refractivity contribution in [1.82, 2.24) is 5.32 Å². The molecule has 0 saturated heterocycles. The van der Waals surface area contributed by atoms with Crippen LogP contribution in [0.1, 0.15) is 37.7 Å². The van der Waals surface area contributed by atoms with Crippen molar-refractivity contribution in [3.8, 4) is 5.75 Å². The molecule has 3 N–H and O–H groups in total. The molecule has 116 valence electrons. The SMILES string of the molecule is OCCc1ccc(OC2CCC(CO)(NC3CC3)C2)cc1. The quantitative estimate of drug-likeness (QED) is 0.714. The lowest BCUT2D eigenvalue weighted by Gasteiger charge is -2.28. The molecule has 3 rings (SSSR count). The number of hydrogen-bond donors (Lipinski definition) is 3. The number of nitrogens with one attached hydrogen (secondary N) is 1. The Kier molecular flexibility index (Phi) is 4.48. The molecule has 1 aromatic carbocycles. The first-order valence-corrected chi connectivity index (χ1v) is 7.98. The fourth-order valence-electron chi connectivity index (χ4n) is 3.22. The number of rotatable bonds is 7. The largest absolute Gasteiger partial charge is 0.490 e. The summed E-state index contributed by atoms with van der Waals surface area (Å²) in [6.07, 6.45) is 6.17. The average molecular weight is 291 g/mol. The Balaban J connectivity index is 1.55. The van der Waals surface area contributed by atoms with Crippen molar-refractivity contribution in [1.29, 1.82) is 0 Å². The van der Waals surface area contributed by atoms with Gasteiger partial charge in [0.25, 0.3) is 0 Å². The van der Waals surface area contributed by atoms with E-state index in [1.165, 1.54) is 12.8 Å². The normalized spacial score (nSPS) is 28.8. The van der Waals surface area contributed by atoms with E-state index in [0.717, 1.165) is 30.6 Å². The molecule has 4 heteroatoms. The zero-order chi connectivity index (χ0) is 14.7. The van der Waals surface area contributed by atoms with Gasteiger partial charge in [-0.25, -0.2) is 0 Å². The zero-order valence-electron chi connectivity index (χ0n) is 12.4. The highest BCUT2D eigenvalue weighted by atomic mass is 16.5. The van der Waals surface area contributed by atoms with Crippen molar-refractivity contribution in [2.75, 3.05) is 13.2 Å². The van der Waals surface area contributed by atoms with Crippen LogP contribution < -0.4 is 10.1 Å². The topological polar surface area (TPSA) is 61.7 Å². The fourth-order valence-corrected chi connectivity index (χ4v) is 3.22. The molecule has 0 radical (unpaired) electrons. The summed E-state index contributed by atoms with van der Waals surface area (Å²) in [5, 5.41) is 22.2. The van der Waals surface area contributed by atoms with E-state index in [2.05, 4.69) is 5.32 Å². The molecule has 2 aliphatic carbocycles. The summed E-state index contributed by atoms with van der Waals surface area (Å²) in [5.74, 6) is 0.877. The van der Waals surface area contributed by atoms with Gasteiger partial charge in [-0.15, -0.1) is 0 Å². The minimum atomic E-state index is -0.136. The second-order valence-electron chi connectivity index (χ2n) is 6.46. The number of ether oxygens (including phenoxy) is 1. The van der Waals surface area contributed by atoms with Crippen LogP contribution in [0.2, 0.25) is 0 Å². The van der Waals surface area contributed by atoms with E-state index in [4.69, 9.17) is 9.84 Å². The Morgan fingerprint density at radius 1 is 1.14 bits per heavy atom. The lowest BCUT2D eigenvalue weighted by Crippen LogP contribution is -2.48. The van der Waals surface area contributed by atoms with Crippen molar-refractivity contribution in [3.05, 3.63) is 29.8 Å². The Morgan fingerprint density at radius 3 is 2.52 bits per heavy atom. The van der Waals surface area contributed by atoms with E-state index in [0.29, 0.717) is 12.5 Å². The molecule has 0 bridgehead atoms. The van der Waals surface area contributed by atoms with Gasteiger partial charge in [0.1, 0.15) is 11.9 Å². The summed E-state index contributed by atoms with van der Waals surface area (Å²) >= 11 is 0. The summed E-state index contributed by atoms with van der Waals surface area (Å²) in [5.41, 5.74) is 0.985. The maximum absolute atomic E-state index is 9.73. The molecule has 2 saturated carbocycles. The van der Waals surface area contributed by atoms with Crippen LogP contribution in [0.15, 0.2) is 24.3 Å². The minimum Gasteiger partial charge on any atom is -0.490 e. The van der Waals surface area contributed by atoms with Crippen molar-refractivity contribution in [2.45, 2.75) is 56.2 Å². The van der Waals surface area contributed by atoms with Crippen molar-refractivity contribution < 1.29 is 14.9 Å². The molecule has 0 aliphatic heterocycles. The molecule has 0 spiro atoms. The van der Waals surface area contributed by atoms with Gasteiger partial charge in [-0.3, -0.25) is 0 Å². The van der Waals surface area contributed by atoms with Gasteiger partial charge in [0.05, 0.1) is 6.61 Å². The molecule has 2 aliphatic rings. The van der Waals surface area contributed by atoms with E-state index >= 15 is 0 Å². The van der Waals surface area contributed by atoms with Gasteiger partial charge in [0.15, 0.2) is 0 Å². The molecule has 21 heavy (non-hydrogen) atoms. The molecule has 2 unspecified atom stereocenters. The maximum Gasteiger partial charge on any atom is 0.119 e. The lowest BCUT2D eigenvalue weighted by atomic mass is 9.98. The first kappa shape index (κ1) is 14.8. The monoisotopic (exact) mass is 291 g/mol. The summed E-state index contributed by atoms with van der Waals surface area (Å²) in [6, 6.07) is 8.55. The highest BCUT2D eigenvalue weighted by molar-refractivity contribution is 5.27. The van der Waals surface area contributed by atoms with Crippen molar-refractivity contribution >= 4 is 0 Å². The fraction of sp³-hybridized carbons (Fsp3) is 0.647. The predicted molar refractivity (Wildman–Crippen MR) is 81.5 cm³/mol. The third-order valence-electron chi connectivity index (χ3n) is 4.58. The van der Waals surface area contributed by atoms with E-state index in [1.807, 2.05) is 24.3 Å². The molecule has 1 aromatic rings. The maximum atomic E-state index is 9.73. The smallest absolute Gasteiger partial charge is 0.119 e. The number of hydrogen-bond acceptors (Lipinski definition) is 4. The number of benzene rings is 1. The highest BCUT2D eigenvalue weighted by Crippen LogP contribution is 2.35. The summed E-state index contributed by atoms with van der Waals surface area (Å²) < 4.78 is 6.05. The van der Waals surface area contributed by atoms with Crippen LogP contribution in [0, 0.1) is 0 Å². The third kappa shape index (κ3) is 3.76. The first-order valence-electron chi connectivity index (χ1n) is 7.98. The standard InChI is InChI=1S/C17H25NO3/c19-10-8-13-1-5-15(6-2-13)21-16-7-9-17(11-16,12-20)18-14-3-4-14/h1-2,5-6,14,16,18-20H,3-4,7-12H2. The summed E-state index contributed by atoms with van der Waals surface area (Å²) in [7, 11) is 0. The summed E-state index contributed by atoms with van der Waals surface area (Å²) in [4.78, 5) is 0. The van der Waals surface area contributed by atoms with Gasteiger partial charge in [0.2, 0.25) is 0 Å². The Morgan fingerprint density at radius 2 is 1.90 bits per heavy atom. The second kappa shape index (κ2) is 6.34. The van der Waals surface area contributed by atoms with Gasteiger partial charge >= 0.3 is 0 Å². The second-order valence-corrected chi connectivity index (χ2v) is 6.46. The molecule has 0 aromatic heterocycles. The molecular formula is C17H25NO3. The third-order valence-corrected chi connectivity index (χ3v) is 4.58. The molecular weight excluding hydrogens is 266 g/mol. The van der Waals surface area contributed by atoms with E-state index < -0.39 is 0 Å². The zero-order valence-corrected chi connectivity index (χ0v) is 12.4. The van der Waals surface area contributed by atoms with E-state index in [-0.39, 0.29) is 24.9 Å². The van der Waals surface area contributed by atoms with Crippen LogP contribution in [0.25, 0.3) is 0 Å². The molecule has 4 nitrogen and oxygen atoms in total. The highest BCUT2D eigenvalue weighted by Gasteiger charge is 2.42. The molecule has 0 amide bonds. The first-order chi connectivity index (χ1) is 10.2.